The number of amides is 1. The molecule has 1 aliphatic rings. The van der Waals surface area contributed by atoms with Crippen LogP contribution in [0, 0.1) is 13.8 Å². The Hall–Kier alpha value is -2.29. The van der Waals surface area contributed by atoms with Crippen LogP contribution in [0.15, 0.2) is 23.0 Å². The van der Waals surface area contributed by atoms with Crippen LogP contribution in [-0.2, 0) is 4.74 Å². The molecule has 0 bridgehead atoms. The minimum Gasteiger partial charge on any atom is -0.379 e. The fraction of sp³-hybridized carbons (Fsp3) is 0.421. The molecule has 1 aromatic carbocycles. The van der Waals surface area contributed by atoms with E-state index in [1.54, 1.807) is 4.40 Å². The molecule has 2 aromatic heterocycles. The van der Waals surface area contributed by atoms with Gasteiger partial charge in [-0.25, -0.2) is 4.98 Å². The van der Waals surface area contributed by atoms with Crippen molar-refractivity contribution in [3.8, 4) is 0 Å². The van der Waals surface area contributed by atoms with Crippen LogP contribution in [0.3, 0.4) is 0 Å². The molecule has 1 amide bonds. The monoisotopic (exact) mass is 386 g/mol. The van der Waals surface area contributed by atoms with Gasteiger partial charge in [-0.05, 0) is 37.1 Å². The Labute approximate surface area is 160 Å². The highest BCUT2D eigenvalue weighted by molar-refractivity contribution is 7.18. The van der Waals surface area contributed by atoms with Crippen LogP contribution < -0.4 is 10.9 Å². The third kappa shape index (κ3) is 3.60. The standard InChI is InChI=1S/C19H22N4O3S/c1-12-9-14-15(10-13(12)2)23-17(24)11-16(27-19(23)21-14)18(25)20-3-4-22-5-7-26-8-6-22/h9-11H,3-8H2,1-2H3,(H,20,25). The summed E-state index contributed by atoms with van der Waals surface area (Å²) >= 11 is 1.24. The van der Waals surface area contributed by atoms with Gasteiger partial charge in [0.15, 0.2) is 4.96 Å². The normalized spacial score (nSPS) is 15.5. The third-order valence-electron chi connectivity index (χ3n) is 4.96. The van der Waals surface area contributed by atoms with E-state index in [0.717, 1.165) is 55.0 Å². The van der Waals surface area contributed by atoms with Gasteiger partial charge in [-0.3, -0.25) is 18.9 Å². The van der Waals surface area contributed by atoms with Crippen LogP contribution in [0.5, 0.6) is 0 Å². The molecule has 0 saturated carbocycles. The van der Waals surface area contributed by atoms with Crippen molar-refractivity contribution in [3.63, 3.8) is 0 Å². The maximum absolute atomic E-state index is 12.6. The van der Waals surface area contributed by atoms with Gasteiger partial charge in [0.1, 0.15) is 4.88 Å². The van der Waals surface area contributed by atoms with E-state index in [1.165, 1.54) is 17.4 Å². The zero-order valence-electron chi connectivity index (χ0n) is 15.4. The molecular weight excluding hydrogens is 364 g/mol. The molecule has 3 heterocycles. The number of benzene rings is 1. The SMILES string of the molecule is Cc1cc2nc3sc(C(=O)NCCN4CCOCC4)cc(=O)n3c2cc1C. The first-order valence-corrected chi connectivity index (χ1v) is 9.86. The molecule has 1 N–H and O–H groups in total. The molecule has 8 heteroatoms. The highest BCUT2D eigenvalue weighted by Crippen LogP contribution is 2.22. The molecular formula is C19H22N4O3S. The lowest BCUT2D eigenvalue weighted by molar-refractivity contribution is 0.0383. The summed E-state index contributed by atoms with van der Waals surface area (Å²) < 4.78 is 6.90. The van der Waals surface area contributed by atoms with Gasteiger partial charge >= 0.3 is 0 Å². The first kappa shape index (κ1) is 18.1. The summed E-state index contributed by atoms with van der Waals surface area (Å²) in [7, 11) is 0. The third-order valence-corrected chi connectivity index (χ3v) is 5.94. The van der Waals surface area contributed by atoms with E-state index in [2.05, 4.69) is 15.2 Å². The van der Waals surface area contributed by atoms with Gasteiger partial charge in [0, 0.05) is 32.2 Å². The van der Waals surface area contributed by atoms with Crippen molar-refractivity contribution >= 4 is 33.2 Å². The molecule has 1 aliphatic heterocycles. The van der Waals surface area contributed by atoms with Crippen molar-refractivity contribution in [2.75, 3.05) is 39.4 Å². The summed E-state index contributed by atoms with van der Waals surface area (Å²) in [5.41, 5.74) is 3.57. The topological polar surface area (TPSA) is 75.9 Å². The Kier molecular flexibility index (Phi) is 4.94. The maximum atomic E-state index is 12.6. The summed E-state index contributed by atoms with van der Waals surface area (Å²) in [5.74, 6) is -0.229. The van der Waals surface area contributed by atoms with Gasteiger partial charge in [-0.1, -0.05) is 11.3 Å². The zero-order chi connectivity index (χ0) is 19.0. The van der Waals surface area contributed by atoms with Crippen LogP contribution >= 0.6 is 11.3 Å². The summed E-state index contributed by atoms with van der Waals surface area (Å²) in [6.07, 6.45) is 0. The van der Waals surface area contributed by atoms with E-state index >= 15 is 0 Å². The maximum Gasteiger partial charge on any atom is 0.261 e. The average Bonchev–Trinajstić information content (AvgIpc) is 3.00. The summed E-state index contributed by atoms with van der Waals surface area (Å²) in [6.45, 7) is 8.59. The largest absolute Gasteiger partial charge is 0.379 e. The fourth-order valence-electron chi connectivity index (χ4n) is 3.25. The molecule has 0 spiro atoms. The molecule has 27 heavy (non-hydrogen) atoms. The van der Waals surface area contributed by atoms with Gasteiger partial charge in [0.05, 0.1) is 24.2 Å². The number of hydrogen-bond donors (Lipinski definition) is 1. The lowest BCUT2D eigenvalue weighted by Crippen LogP contribution is -2.41. The van der Waals surface area contributed by atoms with Crippen molar-refractivity contribution in [3.05, 3.63) is 44.6 Å². The molecule has 1 fully saturated rings. The molecule has 4 rings (SSSR count). The first-order chi connectivity index (χ1) is 13.0. The minimum absolute atomic E-state index is 0.229. The quantitative estimate of drug-likeness (QED) is 0.737. The highest BCUT2D eigenvalue weighted by atomic mass is 32.1. The first-order valence-electron chi connectivity index (χ1n) is 9.05. The predicted octanol–water partition coefficient (Wildman–Crippen LogP) is 1.59. The highest BCUT2D eigenvalue weighted by Gasteiger charge is 2.15. The summed E-state index contributed by atoms with van der Waals surface area (Å²) in [5, 5.41) is 2.90. The van der Waals surface area contributed by atoms with E-state index in [9.17, 15) is 9.59 Å². The van der Waals surface area contributed by atoms with Gasteiger partial charge in [-0.15, -0.1) is 0 Å². The lowest BCUT2D eigenvalue weighted by Gasteiger charge is -2.26. The number of nitrogens with one attached hydrogen (secondary N) is 1. The van der Waals surface area contributed by atoms with Crippen molar-refractivity contribution in [2.45, 2.75) is 13.8 Å². The number of carbonyl (C=O) groups is 1. The van der Waals surface area contributed by atoms with E-state index in [1.807, 2.05) is 26.0 Å². The number of rotatable bonds is 4. The summed E-state index contributed by atoms with van der Waals surface area (Å²) in [6, 6.07) is 5.35. The predicted molar refractivity (Wildman–Crippen MR) is 106 cm³/mol. The Morgan fingerprint density at radius 2 is 1.96 bits per heavy atom. The Balaban J connectivity index is 1.56. The molecule has 0 aliphatic carbocycles. The average molecular weight is 386 g/mol. The molecule has 0 atom stereocenters. The second-order valence-electron chi connectivity index (χ2n) is 6.81. The van der Waals surface area contributed by atoms with E-state index in [4.69, 9.17) is 4.74 Å². The Morgan fingerprint density at radius 1 is 1.22 bits per heavy atom. The van der Waals surface area contributed by atoms with Gasteiger partial charge < -0.3 is 10.1 Å². The van der Waals surface area contributed by atoms with E-state index in [0.29, 0.717) is 16.4 Å². The number of aromatic nitrogens is 2. The van der Waals surface area contributed by atoms with Crippen molar-refractivity contribution < 1.29 is 9.53 Å². The lowest BCUT2D eigenvalue weighted by atomic mass is 10.1. The molecule has 0 radical (unpaired) electrons. The van der Waals surface area contributed by atoms with Crippen molar-refractivity contribution in [1.29, 1.82) is 0 Å². The van der Waals surface area contributed by atoms with Crippen molar-refractivity contribution in [2.24, 2.45) is 0 Å². The number of nitrogens with zero attached hydrogens (tertiary/aromatic N) is 3. The van der Waals surface area contributed by atoms with Gasteiger partial charge in [0.25, 0.3) is 11.5 Å². The van der Waals surface area contributed by atoms with Crippen LogP contribution in [0.2, 0.25) is 0 Å². The van der Waals surface area contributed by atoms with Crippen LogP contribution in [-0.4, -0.2) is 59.6 Å². The van der Waals surface area contributed by atoms with Crippen LogP contribution in [0.1, 0.15) is 20.8 Å². The summed E-state index contributed by atoms with van der Waals surface area (Å²) in [4.78, 5) is 32.8. The number of hydrogen-bond acceptors (Lipinski definition) is 6. The number of morpholine rings is 1. The molecule has 7 nitrogen and oxygen atoms in total. The van der Waals surface area contributed by atoms with Crippen LogP contribution in [0.4, 0.5) is 0 Å². The van der Waals surface area contributed by atoms with Gasteiger partial charge in [0.2, 0.25) is 0 Å². The Bertz CT molecular complexity index is 1070. The van der Waals surface area contributed by atoms with Crippen LogP contribution in [0.25, 0.3) is 16.0 Å². The molecule has 1 saturated heterocycles. The Morgan fingerprint density at radius 3 is 2.74 bits per heavy atom. The number of carbonyl (C=O) groups excluding carboxylic acids is 1. The molecule has 3 aromatic rings. The second kappa shape index (κ2) is 7.38. The second-order valence-corrected chi connectivity index (χ2v) is 7.82. The van der Waals surface area contributed by atoms with E-state index in [-0.39, 0.29) is 11.5 Å². The van der Waals surface area contributed by atoms with Gasteiger partial charge in [-0.2, -0.15) is 0 Å². The fourth-order valence-corrected chi connectivity index (χ4v) is 4.19. The number of aryl methyl sites for hydroxylation is 2. The smallest absolute Gasteiger partial charge is 0.261 e. The molecule has 0 unspecified atom stereocenters. The molecule has 142 valence electrons. The zero-order valence-corrected chi connectivity index (χ0v) is 16.3. The van der Waals surface area contributed by atoms with E-state index < -0.39 is 0 Å². The minimum atomic E-state index is -0.229. The van der Waals surface area contributed by atoms with Crippen molar-refractivity contribution in [1.82, 2.24) is 19.6 Å². The number of fused-ring (bicyclic) bond motifs is 3. The number of imidazole rings is 1. The number of ether oxygens (including phenoxy) is 1.